The standard InChI is InChI=1S/C65H50N2Si/c1-43-31-33-46(34-32-43)66(44-19-7-5-8-20-44)48-37-40-56-57(41-48)50-23-11-13-27-54(50)62-58-42-61(67(45-21-9-6-10-22-45)47-35-38-49(39-36-47)68(2,3)4)53-26-12-14-28-55(53)63(58)65(64(56)62)59-29-17-15-24-51(59)52-25-16-18-30-60(52)65/h5-42H,1-4H3. The van der Waals surface area contributed by atoms with Crippen LogP contribution < -0.4 is 15.0 Å². The molecule has 1 spiro atoms. The molecule has 13 rings (SSSR count). The van der Waals surface area contributed by atoms with Gasteiger partial charge in [0.25, 0.3) is 0 Å². The maximum atomic E-state index is 2.55. The van der Waals surface area contributed by atoms with E-state index in [1.54, 1.807) is 0 Å². The number of benzene rings is 11. The molecule has 11 aromatic carbocycles. The van der Waals surface area contributed by atoms with Gasteiger partial charge in [0.2, 0.25) is 0 Å². The highest BCUT2D eigenvalue weighted by Crippen LogP contribution is 2.67. The molecule has 0 unspecified atom stereocenters. The summed E-state index contributed by atoms with van der Waals surface area (Å²) in [6.07, 6.45) is 0. The second kappa shape index (κ2) is 15.3. The maximum Gasteiger partial charge on any atom is 0.0775 e. The van der Waals surface area contributed by atoms with Gasteiger partial charge in [0, 0.05) is 33.8 Å². The van der Waals surface area contributed by atoms with Crippen LogP contribution in [0.3, 0.4) is 0 Å². The molecule has 2 nitrogen and oxygen atoms in total. The highest BCUT2D eigenvalue weighted by molar-refractivity contribution is 6.88. The van der Waals surface area contributed by atoms with E-state index in [2.05, 4.69) is 267 Å². The summed E-state index contributed by atoms with van der Waals surface area (Å²) in [6.45, 7) is 9.44. The quantitative estimate of drug-likeness (QED) is 0.116. The second-order valence-electron chi connectivity index (χ2n) is 19.7. The minimum absolute atomic E-state index is 0.605. The van der Waals surface area contributed by atoms with Crippen molar-refractivity contribution in [1.82, 2.24) is 0 Å². The fraction of sp³-hybridized carbons (Fsp3) is 0.0769. The zero-order valence-electron chi connectivity index (χ0n) is 38.8. The molecule has 0 saturated carbocycles. The molecule has 0 bridgehead atoms. The molecule has 3 heteroatoms. The maximum absolute atomic E-state index is 2.55. The van der Waals surface area contributed by atoms with E-state index >= 15 is 0 Å². The monoisotopic (exact) mass is 886 g/mol. The third kappa shape index (κ3) is 5.89. The predicted molar refractivity (Wildman–Crippen MR) is 292 cm³/mol. The van der Waals surface area contributed by atoms with Crippen molar-refractivity contribution in [2.24, 2.45) is 0 Å². The van der Waals surface area contributed by atoms with Crippen LogP contribution in [0.15, 0.2) is 231 Å². The van der Waals surface area contributed by atoms with E-state index in [1.165, 1.54) is 93.3 Å². The van der Waals surface area contributed by atoms with Crippen molar-refractivity contribution in [3.63, 3.8) is 0 Å². The smallest absolute Gasteiger partial charge is 0.0775 e. The Labute approximate surface area is 400 Å². The first kappa shape index (κ1) is 40.3. The molecule has 11 aromatic rings. The Morgan fingerprint density at radius 3 is 1.44 bits per heavy atom. The summed E-state index contributed by atoms with van der Waals surface area (Å²) in [5.41, 5.74) is 18.1. The average molecular weight is 887 g/mol. The van der Waals surface area contributed by atoms with Crippen molar-refractivity contribution in [3.05, 3.63) is 258 Å². The first-order valence-electron chi connectivity index (χ1n) is 23.9. The van der Waals surface area contributed by atoms with Gasteiger partial charge in [-0.1, -0.05) is 194 Å². The molecule has 0 fully saturated rings. The van der Waals surface area contributed by atoms with Crippen molar-refractivity contribution >= 4 is 79.7 Å². The molecule has 0 heterocycles. The van der Waals surface area contributed by atoms with Gasteiger partial charge in [-0.15, -0.1) is 0 Å². The third-order valence-corrected chi connectivity index (χ3v) is 16.9. The molecule has 68 heavy (non-hydrogen) atoms. The fourth-order valence-corrected chi connectivity index (χ4v) is 13.0. The summed E-state index contributed by atoms with van der Waals surface area (Å²) in [4.78, 5) is 4.90. The molecule has 2 aliphatic rings. The largest absolute Gasteiger partial charge is 0.310 e. The van der Waals surface area contributed by atoms with E-state index in [0.717, 1.165) is 28.4 Å². The highest BCUT2D eigenvalue weighted by atomic mass is 28.3. The molecular formula is C65H50N2Si. The summed E-state index contributed by atoms with van der Waals surface area (Å²) in [7, 11) is -1.54. The summed E-state index contributed by atoms with van der Waals surface area (Å²) in [5, 5.41) is 8.98. The van der Waals surface area contributed by atoms with Gasteiger partial charge in [-0.3, -0.25) is 0 Å². The van der Waals surface area contributed by atoms with Crippen molar-refractivity contribution in [3.8, 4) is 22.3 Å². The summed E-state index contributed by atoms with van der Waals surface area (Å²) in [5.74, 6) is 0. The molecule has 324 valence electrons. The van der Waals surface area contributed by atoms with Crippen LogP contribution >= 0.6 is 0 Å². The summed E-state index contributed by atoms with van der Waals surface area (Å²) < 4.78 is 0. The van der Waals surface area contributed by atoms with Crippen LogP contribution in [-0.4, -0.2) is 8.07 Å². The van der Waals surface area contributed by atoms with E-state index in [4.69, 9.17) is 0 Å². The normalized spacial score (nSPS) is 13.1. The summed E-state index contributed by atoms with van der Waals surface area (Å²) >= 11 is 0. The second-order valence-corrected chi connectivity index (χ2v) is 24.8. The number of aryl methyl sites for hydroxylation is 1. The molecule has 0 radical (unpaired) electrons. The van der Waals surface area contributed by atoms with Gasteiger partial charge in [-0.05, 0) is 145 Å². The van der Waals surface area contributed by atoms with Gasteiger partial charge in [0.05, 0.1) is 19.2 Å². The topological polar surface area (TPSA) is 6.48 Å². The Bertz CT molecular complexity index is 3730. The van der Waals surface area contributed by atoms with Gasteiger partial charge in [0.15, 0.2) is 0 Å². The molecule has 0 amide bonds. The van der Waals surface area contributed by atoms with Crippen LogP contribution in [0, 0.1) is 6.92 Å². The van der Waals surface area contributed by atoms with Crippen molar-refractivity contribution in [2.45, 2.75) is 32.0 Å². The molecule has 0 saturated heterocycles. The van der Waals surface area contributed by atoms with Crippen LogP contribution in [0.4, 0.5) is 34.1 Å². The van der Waals surface area contributed by atoms with Crippen molar-refractivity contribution < 1.29 is 0 Å². The number of hydrogen-bond acceptors (Lipinski definition) is 2. The van der Waals surface area contributed by atoms with Gasteiger partial charge >= 0.3 is 0 Å². The fourth-order valence-electron chi connectivity index (χ4n) is 11.9. The van der Waals surface area contributed by atoms with E-state index in [1.807, 2.05) is 0 Å². The van der Waals surface area contributed by atoms with Gasteiger partial charge < -0.3 is 9.80 Å². The Hall–Kier alpha value is -7.98. The lowest BCUT2D eigenvalue weighted by Crippen LogP contribution is -2.37. The Morgan fingerprint density at radius 1 is 0.338 bits per heavy atom. The lowest BCUT2D eigenvalue weighted by molar-refractivity contribution is 0.809. The van der Waals surface area contributed by atoms with Crippen LogP contribution in [-0.2, 0) is 5.41 Å². The first-order chi connectivity index (χ1) is 33.3. The molecule has 0 atom stereocenters. The minimum atomic E-state index is -1.54. The first-order valence-corrected chi connectivity index (χ1v) is 27.4. The van der Waals surface area contributed by atoms with Gasteiger partial charge in [0.1, 0.15) is 0 Å². The SMILES string of the molecule is Cc1ccc(N(c2ccccc2)c2ccc3c4c(c5ccccc5c3c2)-c2cc(N(c3ccccc3)c3ccc([Si](C)(C)C)cc3)c3ccccc3c2C42c3ccccc3-c3ccccc32)cc1. The number of anilines is 6. The highest BCUT2D eigenvalue weighted by Gasteiger charge is 2.54. The molecule has 0 N–H and O–H groups in total. The van der Waals surface area contributed by atoms with Crippen LogP contribution in [0.2, 0.25) is 19.6 Å². The Balaban J connectivity index is 1.18. The van der Waals surface area contributed by atoms with Crippen molar-refractivity contribution in [1.29, 1.82) is 0 Å². The molecule has 0 aliphatic heterocycles. The van der Waals surface area contributed by atoms with Crippen molar-refractivity contribution in [2.75, 3.05) is 9.80 Å². The van der Waals surface area contributed by atoms with Crippen LogP contribution in [0.25, 0.3) is 54.6 Å². The number of hydrogen-bond donors (Lipinski definition) is 0. The van der Waals surface area contributed by atoms with E-state index in [-0.39, 0.29) is 0 Å². The summed E-state index contributed by atoms with van der Waals surface area (Å²) in [6, 6.07) is 86.8. The Kier molecular flexibility index (Phi) is 9.06. The molecular weight excluding hydrogens is 837 g/mol. The van der Waals surface area contributed by atoms with E-state index < -0.39 is 13.5 Å². The Morgan fingerprint density at radius 2 is 0.809 bits per heavy atom. The van der Waals surface area contributed by atoms with Gasteiger partial charge in [-0.25, -0.2) is 0 Å². The number of fused-ring (bicyclic) bond motifs is 17. The lowest BCUT2D eigenvalue weighted by Gasteiger charge is -2.34. The zero-order valence-corrected chi connectivity index (χ0v) is 39.8. The van der Waals surface area contributed by atoms with Crippen LogP contribution in [0.1, 0.15) is 27.8 Å². The van der Waals surface area contributed by atoms with E-state index in [9.17, 15) is 0 Å². The lowest BCUT2D eigenvalue weighted by atomic mass is 9.68. The molecule has 0 aromatic heterocycles. The minimum Gasteiger partial charge on any atom is -0.310 e. The predicted octanol–water partition coefficient (Wildman–Crippen LogP) is 17.3. The van der Waals surface area contributed by atoms with Crippen LogP contribution in [0.5, 0.6) is 0 Å². The number of rotatable bonds is 7. The zero-order chi connectivity index (χ0) is 45.7. The van der Waals surface area contributed by atoms with E-state index in [0.29, 0.717) is 0 Å². The third-order valence-electron chi connectivity index (χ3n) is 14.8. The van der Waals surface area contributed by atoms with Gasteiger partial charge in [-0.2, -0.15) is 0 Å². The molecule has 2 aliphatic carbocycles. The number of para-hydroxylation sites is 2. The number of nitrogens with zero attached hydrogens (tertiary/aromatic N) is 2. The average Bonchev–Trinajstić information content (AvgIpc) is 3.85.